The number of benzene rings is 2. The molecule has 0 atom stereocenters. The molecule has 1 aromatic heterocycles. The molecule has 38 heavy (non-hydrogen) atoms. The van der Waals surface area contributed by atoms with Crippen molar-refractivity contribution >= 4 is 46.7 Å². The van der Waals surface area contributed by atoms with E-state index in [4.69, 9.17) is 26.2 Å². The summed E-state index contributed by atoms with van der Waals surface area (Å²) in [6.45, 7) is -0.0786. The molecular weight excluding hydrogens is 530 g/mol. The van der Waals surface area contributed by atoms with Crippen LogP contribution < -0.4 is 9.64 Å². The second-order valence-electron chi connectivity index (χ2n) is 9.10. The zero-order valence-corrected chi connectivity index (χ0v) is 22.2. The predicted octanol–water partition coefficient (Wildman–Crippen LogP) is 6.95. The number of aromatic carboxylic acids is 1. The molecule has 1 saturated carbocycles. The first-order valence-corrected chi connectivity index (χ1v) is 13.5. The van der Waals surface area contributed by atoms with Crippen molar-refractivity contribution in [3.05, 3.63) is 70.1 Å². The van der Waals surface area contributed by atoms with Crippen LogP contribution in [0.25, 0.3) is 10.4 Å². The number of nitrogens with zero attached hydrogens (tertiary/aromatic N) is 1. The van der Waals surface area contributed by atoms with Gasteiger partial charge in [0.25, 0.3) is 0 Å². The van der Waals surface area contributed by atoms with Crippen LogP contribution >= 0.6 is 22.9 Å². The van der Waals surface area contributed by atoms with Crippen LogP contribution in [0, 0.1) is 5.92 Å². The van der Waals surface area contributed by atoms with E-state index < -0.39 is 24.6 Å². The number of carbonyl (C=O) groups excluding carboxylic acids is 1. The number of anilines is 1. The molecule has 4 rings (SSSR count). The van der Waals surface area contributed by atoms with Gasteiger partial charge >= 0.3 is 18.0 Å². The summed E-state index contributed by atoms with van der Waals surface area (Å²) >= 11 is 7.37. The number of aliphatic carboxylic acids is 1. The molecule has 2 aromatic carbocycles. The summed E-state index contributed by atoms with van der Waals surface area (Å²) in [6, 6.07) is 16.5. The second-order valence-corrected chi connectivity index (χ2v) is 10.5. The Balaban J connectivity index is 1.64. The van der Waals surface area contributed by atoms with Gasteiger partial charge in [0.1, 0.15) is 11.6 Å². The fourth-order valence-corrected chi connectivity index (χ4v) is 5.91. The lowest BCUT2D eigenvalue weighted by atomic mass is 9.89. The molecule has 1 aliphatic carbocycles. The molecule has 10 heteroatoms. The summed E-state index contributed by atoms with van der Waals surface area (Å²) in [4.78, 5) is 37.9. The van der Waals surface area contributed by atoms with Crippen LogP contribution in [0.1, 0.15) is 47.3 Å². The van der Waals surface area contributed by atoms with E-state index in [2.05, 4.69) is 0 Å². The first-order chi connectivity index (χ1) is 18.3. The molecule has 0 radical (unpaired) electrons. The molecule has 0 saturated heterocycles. The molecule has 0 unspecified atom stereocenters. The quantitative estimate of drug-likeness (QED) is 0.277. The number of carbonyl (C=O) groups is 3. The molecule has 3 aromatic rings. The average molecular weight is 558 g/mol. The van der Waals surface area contributed by atoms with Gasteiger partial charge in [0, 0.05) is 12.2 Å². The number of hydrogen-bond donors (Lipinski definition) is 2. The Bertz CT molecular complexity index is 1290. The molecule has 2 N–H and O–H groups in total. The molecule has 1 amide bonds. The minimum absolute atomic E-state index is 0.0104. The maximum Gasteiger partial charge on any atom is 0.414 e. The van der Waals surface area contributed by atoms with Crippen molar-refractivity contribution in [2.75, 3.05) is 18.1 Å². The van der Waals surface area contributed by atoms with Crippen LogP contribution in [0.4, 0.5) is 10.5 Å². The summed E-state index contributed by atoms with van der Waals surface area (Å²) in [6.07, 6.45) is 5.04. The van der Waals surface area contributed by atoms with Crippen molar-refractivity contribution < 1.29 is 34.1 Å². The van der Waals surface area contributed by atoms with Crippen molar-refractivity contribution in [2.24, 2.45) is 5.92 Å². The lowest BCUT2D eigenvalue weighted by Gasteiger charge is -2.29. The summed E-state index contributed by atoms with van der Waals surface area (Å²) in [5.41, 5.74) is 2.06. The van der Waals surface area contributed by atoms with Crippen LogP contribution in [-0.2, 0) is 16.1 Å². The van der Waals surface area contributed by atoms with Crippen LogP contribution in [-0.4, -0.2) is 41.4 Å². The Morgan fingerprint density at radius 1 is 1.00 bits per heavy atom. The van der Waals surface area contributed by atoms with Gasteiger partial charge in [-0.15, -0.1) is 11.3 Å². The minimum Gasteiger partial charge on any atom is -0.479 e. The third kappa shape index (κ3) is 6.85. The topological polar surface area (TPSA) is 113 Å². The predicted molar refractivity (Wildman–Crippen MR) is 145 cm³/mol. The summed E-state index contributed by atoms with van der Waals surface area (Å²) < 4.78 is 10.9. The van der Waals surface area contributed by atoms with E-state index in [-0.39, 0.29) is 22.3 Å². The summed E-state index contributed by atoms with van der Waals surface area (Å²) in [7, 11) is 0. The molecule has 1 fully saturated rings. The maximum atomic E-state index is 13.3. The van der Waals surface area contributed by atoms with E-state index in [0.717, 1.165) is 42.6 Å². The van der Waals surface area contributed by atoms with E-state index in [1.165, 1.54) is 6.42 Å². The van der Waals surface area contributed by atoms with E-state index in [1.54, 1.807) is 29.2 Å². The number of rotatable bonds is 10. The number of hydrogen-bond acceptors (Lipinski definition) is 6. The Labute approximate surface area is 229 Å². The first-order valence-electron chi connectivity index (χ1n) is 12.3. The third-order valence-corrected chi connectivity index (χ3v) is 8.04. The van der Waals surface area contributed by atoms with Crippen LogP contribution in [0.15, 0.2) is 54.6 Å². The second kappa shape index (κ2) is 12.8. The van der Waals surface area contributed by atoms with Crippen molar-refractivity contribution in [1.82, 2.24) is 0 Å². The molecule has 0 bridgehead atoms. The Hall–Kier alpha value is -3.56. The Morgan fingerprint density at radius 3 is 2.42 bits per heavy atom. The van der Waals surface area contributed by atoms with Crippen molar-refractivity contribution in [3.8, 4) is 16.2 Å². The van der Waals surface area contributed by atoms with Crippen molar-refractivity contribution in [1.29, 1.82) is 0 Å². The molecule has 8 nitrogen and oxygen atoms in total. The molecule has 0 spiro atoms. The molecular formula is C28H28ClNO7S. The van der Waals surface area contributed by atoms with Gasteiger partial charge in [0.2, 0.25) is 0 Å². The standard InChI is InChI=1S/C28H28ClNO7S/c29-23-24(36-17-22(31)32)26(27(33)34)38-25(23)20-12-7-13-21(14-20)30(15-18-8-3-1-4-9-18)28(35)37-16-19-10-5-2-6-11-19/h2,5-7,10-14,18H,1,3-4,8-9,15-17H2,(H,31,32)(H,33,34). The van der Waals surface area contributed by atoms with Gasteiger partial charge < -0.3 is 19.7 Å². The lowest BCUT2D eigenvalue weighted by molar-refractivity contribution is -0.139. The van der Waals surface area contributed by atoms with E-state index in [1.807, 2.05) is 30.3 Å². The van der Waals surface area contributed by atoms with Gasteiger partial charge in [0.05, 0.1) is 4.88 Å². The van der Waals surface area contributed by atoms with Crippen LogP contribution in [0.3, 0.4) is 0 Å². The zero-order valence-electron chi connectivity index (χ0n) is 20.6. The zero-order chi connectivity index (χ0) is 27.1. The SMILES string of the molecule is O=C(O)COc1c(C(=O)O)sc(-c2cccc(N(CC3CCCCC3)C(=O)OCc3ccccc3)c2)c1Cl. The largest absolute Gasteiger partial charge is 0.479 e. The monoisotopic (exact) mass is 557 g/mol. The van der Waals surface area contributed by atoms with E-state index in [9.17, 15) is 19.5 Å². The summed E-state index contributed by atoms with van der Waals surface area (Å²) in [5, 5.41) is 18.6. The van der Waals surface area contributed by atoms with Gasteiger partial charge in [0.15, 0.2) is 17.2 Å². The highest BCUT2D eigenvalue weighted by atomic mass is 35.5. The molecule has 1 heterocycles. The normalized spacial score (nSPS) is 13.6. The van der Waals surface area contributed by atoms with Crippen LogP contribution in [0.5, 0.6) is 5.75 Å². The average Bonchev–Trinajstić information content (AvgIpc) is 3.26. The number of carboxylic acid groups (broad SMARTS) is 2. The van der Waals surface area contributed by atoms with Gasteiger partial charge in [-0.2, -0.15) is 0 Å². The number of halogens is 1. The number of ether oxygens (including phenoxy) is 2. The van der Waals surface area contributed by atoms with Gasteiger partial charge in [-0.1, -0.05) is 73.3 Å². The van der Waals surface area contributed by atoms with Gasteiger partial charge in [-0.25, -0.2) is 14.4 Å². The fraction of sp³-hybridized carbons (Fsp3) is 0.321. The Morgan fingerprint density at radius 2 is 1.74 bits per heavy atom. The Kier molecular flexibility index (Phi) is 9.25. The fourth-order valence-electron chi connectivity index (χ4n) is 4.51. The summed E-state index contributed by atoms with van der Waals surface area (Å²) in [5.74, 6) is -2.37. The number of carboxylic acids is 2. The molecule has 1 aliphatic rings. The molecule has 200 valence electrons. The highest BCUT2D eigenvalue weighted by Gasteiger charge is 2.27. The third-order valence-electron chi connectivity index (χ3n) is 6.35. The number of thiophene rings is 1. The lowest BCUT2D eigenvalue weighted by Crippen LogP contribution is -2.36. The minimum atomic E-state index is -1.27. The number of amides is 1. The highest BCUT2D eigenvalue weighted by molar-refractivity contribution is 7.18. The van der Waals surface area contributed by atoms with Gasteiger partial charge in [-0.05, 0) is 42.0 Å². The molecule has 0 aliphatic heterocycles. The highest BCUT2D eigenvalue weighted by Crippen LogP contribution is 2.46. The van der Waals surface area contributed by atoms with E-state index in [0.29, 0.717) is 28.6 Å². The van der Waals surface area contributed by atoms with E-state index >= 15 is 0 Å². The van der Waals surface area contributed by atoms with Gasteiger partial charge in [-0.3, -0.25) is 4.90 Å². The first kappa shape index (κ1) is 27.5. The van der Waals surface area contributed by atoms with Crippen LogP contribution in [0.2, 0.25) is 5.02 Å². The maximum absolute atomic E-state index is 13.3. The van der Waals surface area contributed by atoms with Crippen molar-refractivity contribution in [2.45, 2.75) is 38.7 Å². The van der Waals surface area contributed by atoms with Crippen molar-refractivity contribution in [3.63, 3.8) is 0 Å². The smallest absolute Gasteiger partial charge is 0.414 e.